The molecule has 2 aliphatic rings. The largest absolute Gasteiger partial charge is 0.508 e. The van der Waals surface area contributed by atoms with Crippen molar-refractivity contribution >= 4 is 6.16 Å². The van der Waals surface area contributed by atoms with Crippen molar-refractivity contribution in [2.75, 3.05) is 19.8 Å². The SMILES string of the molecule is CCOC(=O)OCC1CCCCC1c1nc(C2CCCC(OCC)C2)n[nH]1. The zero-order valence-electron chi connectivity index (χ0n) is 16.6. The molecule has 4 atom stereocenters. The van der Waals surface area contributed by atoms with Crippen LogP contribution in [0.25, 0.3) is 0 Å². The molecule has 3 rings (SSSR count). The Morgan fingerprint density at radius 2 is 1.93 bits per heavy atom. The molecule has 27 heavy (non-hydrogen) atoms. The fourth-order valence-electron chi connectivity index (χ4n) is 4.50. The lowest BCUT2D eigenvalue weighted by Gasteiger charge is -2.29. The number of aromatic nitrogens is 3. The fourth-order valence-corrected chi connectivity index (χ4v) is 4.50. The molecule has 4 unspecified atom stereocenters. The van der Waals surface area contributed by atoms with Crippen LogP contribution in [-0.4, -0.2) is 47.3 Å². The van der Waals surface area contributed by atoms with Crippen LogP contribution in [0.1, 0.15) is 88.7 Å². The lowest BCUT2D eigenvalue weighted by molar-refractivity contribution is 0.0299. The molecule has 7 nitrogen and oxygen atoms in total. The Labute approximate surface area is 161 Å². The van der Waals surface area contributed by atoms with Gasteiger partial charge in [-0.25, -0.2) is 9.78 Å². The second-order valence-corrected chi connectivity index (χ2v) is 7.66. The summed E-state index contributed by atoms with van der Waals surface area (Å²) in [4.78, 5) is 16.4. The van der Waals surface area contributed by atoms with E-state index in [2.05, 4.69) is 17.1 Å². The maximum Gasteiger partial charge on any atom is 0.508 e. The molecule has 0 bridgehead atoms. The predicted octanol–water partition coefficient (Wildman–Crippen LogP) is 4.31. The average molecular weight is 380 g/mol. The summed E-state index contributed by atoms with van der Waals surface area (Å²) in [6, 6.07) is 0. The Morgan fingerprint density at radius 1 is 1.07 bits per heavy atom. The molecule has 1 N–H and O–H groups in total. The van der Waals surface area contributed by atoms with Gasteiger partial charge < -0.3 is 14.2 Å². The van der Waals surface area contributed by atoms with E-state index in [1.165, 1.54) is 12.8 Å². The zero-order chi connectivity index (χ0) is 19.1. The first-order chi connectivity index (χ1) is 13.2. The number of nitrogens with zero attached hydrogens (tertiary/aromatic N) is 2. The van der Waals surface area contributed by atoms with Crippen molar-refractivity contribution in [3.05, 3.63) is 11.6 Å². The van der Waals surface area contributed by atoms with Crippen molar-refractivity contribution in [3.63, 3.8) is 0 Å². The third kappa shape index (κ3) is 5.43. The number of carbonyl (C=O) groups excluding carboxylic acids is 1. The quantitative estimate of drug-likeness (QED) is 0.710. The third-order valence-corrected chi connectivity index (χ3v) is 5.85. The van der Waals surface area contributed by atoms with Crippen molar-refractivity contribution in [1.29, 1.82) is 0 Å². The van der Waals surface area contributed by atoms with Gasteiger partial charge in [0.25, 0.3) is 0 Å². The first-order valence-electron chi connectivity index (χ1n) is 10.5. The van der Waals surface area contributed by atoms with Crippen LogP contribution < -0.4 is 0 Å². The third-order valence-electron chi connectivity index (χ3n) is 5.85. The lowest BCUT2D eigenvalue weighted by Crippen LogP contribution is -2.25. The van der Waals surface area contributed by atoms with E-state index in [4.69, 9.17) is 19.2 Å². The number of aromatic amines is 1. The smallest absolute Gasteiger partial charge is 0.435 e. The van der Waals surface area contributed by atoms with Crippen LogP contribution in [0.15, 0.2) is 0 Å². The van der Waals surface area contributed by atoms with Crippen LogP contribution in [0, 0.1) is 5.92 Å². The lowest BCUT2D eigenvalue weighted by atomic mass is 9.79. The number of rotatable bonds is 7. The first kappa shape index (κ1) is 20.1. The molecule has 2 fully saturated rings. The van der Waals surface area contributed by atoms with Crippen LogP contribution in [0.4, 0.5) is 4.79 Å². The van der Waals surface area contributed by atoms with E-state index < -0.39 is 6.16 Å². The maximum absolute atomic E-state index is 11.5. The van der Waals surface area contributed by atoms with Gasteiger partial charge in [0.15, 0.2) is 5.82 Å². The highest BCUT2D eigenvalue weighted by molar-refractivity contribution is 5.59. The topological polar surface area (TPSA) is 86.3 Å². The van der Waals surface area contributed by atoms with E-state index in [1.54, 1.807) is 6.92 Å². The molecule has 1 heterocycles. The van der Waals surface area contributed by atoms with Gasteiger partial charge in [-0.2, -0.15) is 5.10 Å². The molecule has 7 heteroatoms. The van der Waals surface area contributed by atoms with Crippen LogP contribution in [0.3, 0.4) is 0 Å². The Bertz CT molecular complexity index is 590. The minimum absolute atomic E-state index is 0.265. The van der Waals surface area contributed by atoms with Crippen molar-refractivity contribution < 1.29 is 19.0 Å². The molecule has 1 aromatic heterocycles. The summed E-state index contributed by atoms with van der Waals surface area (Å²) in [7, 11) is 0. The monoisotopic (exact) mass is 379 g/mol. The Balaban J connectivity index is 1.61. The highest BCUT2D eigenvalue weighted by atomic mass is 16.7. The number of hydrogen-bond donors (Lipinski definition) is 1. The number of nitrogens with one attached hydrogen (secondary N) is 1. The standard InChI is InChI=1S/C20H33N3O4/c1-3-25-16-10-7-9-14(12-16)18-21-19(23-22-18)17-11-6-5-8-15(17)13-27-20(24)26-4-2/h14-17H,3-13H2,1-2H3,(H,21,22,23). The van der Waals surface area contributed by atoms with E-state index >= 15 is 0 Å². The molecular formula is C20H33N3O4. The number of ether oxygens (including phenoxy) is 3. The summed E-state index contributed by atoms with van der Waals surface area (Å²) < 4.78 is 16.0. The van der Waals surface area contributed by atoms with E-state index in [0.29, 0.717) is 25.2 Å². The summed E-state index contributed by atoms with van der Waals surface area (Å²) in [5, 5.41) is 7.73. The van der Waals surface area contributed by atoms with Gasteiger partial charge in [0, 0.05) is 24.4 Å². The average Bonchev–Trinajstić information content (AvgIpc) is 3.17. The Morgan fingerprint density at radius 3 is 2.74 bits per heavy atom. The number of carbonyl (C=O) groups is 1. The number of H-pyrrole nitrogens is 1. The van der Waals surface area contributed by atoms with E-state index in [-0.39, 0.29) is 11.8 Å². The summed E-state index contributed by atoms with van der Waals surface area (Å²) in [6.45, 7) is 5.32. The normalized spacial score (nSPS) is 28.7. The van der Waals surface area contributed by atoms with Crippen molar-refractivity contribution in [2.24, 2.45) is 5.92 Å². The summed E-state index contributed by atoms with van der Waals surface area (Å²) in [5.74, 6) is 2.77. The summed E-state index contributed by atoms with van der Waals surface area (Å²) >= 11 is 0. The van der Waals surface area contributed by atoms with Crippen molar-refractivity contribution in [2.45, 2.75) is 83.2 Å². The van der Waals surface area contributed by atoms with Gasteiger partial charge in [-0.1, -0.05) is 19.3 Å². The highest BCUT2D eigenvalue weighted by Crippen LogP contribution is 2.38. The van der Waals surface area contributed by atoms with Crippen LogP contribution in [0.2, 0.25) is 0 Å². The van der Waals surface area contributed by atoms with Gasteiger partial charge in [0.2, 0.25) is 0 Å². The van der Waals surface area contributed by atoms with Crippen LogP contribution in [0.5, 0.6) is 0 Å². The molecule has 2 saturated carbocycles. The molecular weight excluding hydrogens is 346 g/mol. The van der Waals surface area contributed by atoms with E-state index in [1.807, 2.05) is 0 Å². The minimum Gasteiger partial charge on any atom is -0.435 e. The van der Waals surface area contributed by atoms with Gasteiger partial charge in [-0.05, 0) is 46.0 Å². The maximum atomic E-state index is 11.5. The molecule has 152 valence electrons. The van der Waals surface area contributed by atoms with Gasteiger partial charge in [-0.3, -0.25) is 5.10 Å². The Hall–Kier alpha value is -1.63. The molecule has 0 radical (unpaired) electrons. The Kier molecular flexibility index (Phi) is 7.50. The second-order valence-electron chi connectivity index (χ2n) is 7.66. The van der Waals surface area contributed by atoms with Crippen molar-refractivity contribution in [3.8, 4) is 0 Å². The molecule has 0 aromatic carbocycles. The molecule has 0 amide bonds. The van der Waals surface area contributed by atoms with E-state index in [9.17, 15) is 4.79 Å². The minimum atomic E-state index is -0.579. The van der Waals surface area contributed by atoms with E-state index in [0.717, 1.165) is 56.8 Å². The predicted molar refractivity (Wildman–Crippen MR) is 101 cm³/mol. The van der Waals surface area contributed by atoms with Crippen LogP contribution >= 0.6 is 0 Å². The molecule has 0 saturated heterocycles. The highest BCUT2D eigenvalue weighted by Gasteiger charge is 2.32. The molecule has 1 aromatic rings. The first-order valence-corrected chi connectivity index (χ1v) is 10.5. The molecule has 0 spiro atoms. The summed E-state index contributed by atoms with van der Waals surface area (Å²) in [5.41, 5.74) is 0. The van der Waals surface area contributed by atoms with Gasteiger partial charge in [0.05, 0.1) is 19.3 Å². The zero-order valence-corrected chi connectivity index (χ0v) is 16.6. The number of hydrogen-bond acceptors (Lipinski definition) is 6. The van der Waals surface area contributed by atoms with Gasteiger partial charge >= 0.3 is 6.16 Å². The van der Waals surface area contributed by atoms with Gasteiger partial charge in [-0.15, -0.1) is 0 Å². The second kappa shape index (κ2) is 10.1. The fraction of sp³-hybridized carbons (Fsp3) is 0.850. The molecule has 0 aliphatic heterocycles. The summed E-state index contributed by atoms with van der Waals surface area (Å²) in [6.07, 6.45) is 8.61. The van der Waals surface area contributed by atoms with Gasteiger partial charge in [0.1, 0.15) is 5.82 Å². The molecule has 2 aliphatic carbocycles. The van der Waals surface area contributed by atoms with Crippen LogP contribution in [-0.2, 0) is 14.2 Å². The van der Waals surface area contributed by atoms with Crippen molar-refractivity contribution in [1.82, 2.24) is 15.2 Å².